The molecule has 5 nitrogen and oxygen atoms in total. The molecule has 0 spiro atoms. The number of nitrogens with zero attached hydrogens (tertiary/aromatic N) is 1. The van der Waals surface area contributed by atoms with E-state index in [4.69, 9.17) is 16.3 Å². The number of aromatic nitrogens is 2. The second-order valence-corrected chi connectivity index (χ2v) is 4.85. The minimum atomic E-state index is -1.01. The number of benzene rings is 1. The molecule has 112 valence electrons. The molecule has 2 rings (SSSR count). The fourth-order valence-corrected chi connectivity index (χ4v) is 2.04. The minimum absolute atomic E-state index is 0.0697. The Morgan fingerprint density at radius 1 is 1.38 bits per heavy atom. The van der Waals surface area contributed by atoms with Crippen molar-refractivity contribution in [2.75, 3.05) is 6.61 Å². The Kier molecular flexibility index (Phi) is 4.80. The highest BCUT2D eigenvalue weighted by atomic mass is 35.5. The molecule has 1 N–H and O–H groups in total. The van der Waals surface area contributed by atoms with Crippen LogP contribution in [-0.4, -0.2) is 16.2 Å². The van der Waals surface area contributed by atoms with Crippen LogP contribution >= 0.6 is 11.6 Å². The van der Waals surface area contributed by atoms with E-state index in [1.165, 1.54) is 0 Å². The average molecular weight is 313 g/mol. The lowest BCUT2D eigenvalue weighted by Crippen LogP contribution is -2.36. The van der Waals surface area contributed by atoms with Crippen LogP contribution in [0.2, 0.25) is 5.02 Å². The van der Waals surface area contributed by atoms with Gasteiger partial charge in [0.2, 0.25) is 5.82 Å². The summed E-state index contributed by atoms with van der Waals surface area (Å²) in [5, 5.41) is 0.377. The number of hydrogen-bond donors (Lipinski definition) is 1. The number of halogens is 2. The van der Waals surface area contributed by atoms with E-state index in [-0.39, 0.29) is 6.54 Å². The molecule has 1 heterocycles. The Labute approximate surface area is 125 Å². The number of ether oxygens (including phenoxy) is 1. The summed E-state index contributed by atoms with van der Waals surface area (Å²) in [5.41, 5.74) is -1.05. The zero-order valence-corrected chi connectivity index (χ0v) is 12.1. The lowest BCUT2D eigenvalue weighted by atomic mass is 10.2. The Hall–Kier alpha value is -2.08. The smallest absolute Gasteiger partial charge is 0.328 e. The third kappa shape index (κ3) is 3.52. The number of rotatable bonds is 5. The van der Waals surface area contributed by atoms with E-state index in [0.29, 0.717) is 22.9 Å². The molecule has 2 aromatic rings. The minimum Gasteiger partial charge on any atom is -0.492 e. The van der Waals surface area contributed by atoms with Crippen molar-refractivity contribution in [2.24, 2.45) is 0 Å². The number of aromatic amines is 1. The monoisotopic (exact) mass is 312 g/mol. The summed E-state index contributed by atoms with van der Waals surface area (Å²) in [7, 11) is 0. The van der Waals surface area contributed by atoms with Crippen LogP contribution in [0.3, 0.4) is 0 Å². The molecule has 0 saturated carbocycles. The predicted octanol–water partition coefficient (Wildman–Crippen LogP) is 2.17. The van der Waals surface area contributed by atoms with E-state index in [1.54, 1.807) is 18.2 Å². The quantitative estimate of drug-likeness (QED) is 0.920. The molecule has 7 heteroatoms. The first-order valence-electron chi connectivity index (χ1n) is 6.42. The topological polar surface area (TPSA) is 64.1 Å². The van der Waals surface area contributed by atoms with Crippen LogP contribution in [0, 0.1) is 5.82 Å². The van der Waals surface area contributed by atoms with E-state index >= 15 is 0 Å². The molecular formula is C14H14ClFN2O3. The molecular weight excluding hydrogens is 299 g/mol. The highest BCUT2D eigenvalue weighted by Gasteiger charge is 2.09. The van der Waals surface area contributed by atoms with Crippen LogP contribution in [0.5, 0.6) is 5.75 Å². The molecule has 0 amide bonds. The summed E-state index contributed by atoms with van der Waals surface area (Å²) in [5.74, 6) is -0.480. The standard InChI is InChI=1S/C14H14ClFN2O3/c1-2-5-21-12-4-3-9(6-10(12)15)8-18-13(19)11(16)7-17-14(18)20/h3-4,6-7H,2,5,8H2,1H3,(H,17,20). The summed E-state index contributed by atoms with van der Waals surface area (Å²) in [4.78, 5) is 25.3. The van der Waals surface area contributed by atoms with Crippen molar-refractivity contribution >= 4 is 11.6 Å². The maximum absolute atomic E-state index is 13.2. The Morgan fingerprint density at radius 3 is 2.81 bits per heavy atom. The Bertz CT molecular complexity index is 755. The third-order valence-electron chi connectivity index (χ3n) is 2.82. The molecule has 0 atom stereocenters. The zero-order valence-electron chi connectivity index (χ0n) is 11.4. The van der Waals surface area contributed by atoms with Crippen molar-refractivity contribution in [1.29, 1.82) is 0 Å². The van der Waals surface area contributed by atoms with Crippen LogP contribution < -0.4 is 16.0 Å². The SMILES string of the molecule is CCCOc1ccc(Cn2c(=O)[nH]cc(F)c2=O)cc1Cl. The molecule has 0 saturated heterocycles. The molecule has 0 aliphatic rings. The van der Waals surface area contributed by atoms with Gasteiger partial charge in [-0.2, -0.15) is 4.39 Å². The van der Waals surface area contributed by atoms with Crippen molar-refractivity contribution in [3.63, 3.8) is 0 Å². The van der Waals surface area contributed by atoms with Crippen LogP contribution in [0.4, 0.5) is 4.39 Å². The van der Waals surface area contributed by atoms with Crippen molar-refractivity contribution in [3.05, 3.63) is 61.6 Å². The first-order chi connectivity index (χ1) is 10.0. The van der Waals surface area contributed by atoms with Gasteiger partial charge < -0.3 is 9.72 Å². The maximum atomic E-state index is 13.2. The summed E-state index contributed by atoms with van der Waals surface area (Å²) < 4.78 is 19.4. The molecule has 1 aromatic heterocycles. The molecule has 0 aliphatic heterocycles. The van der Waals surface area contributed by atoms with Crippen molar-refractivity contribution in [1.82, 2.24) is 9.55 Å². The van der Waals surface area contributed by atoms with Gasteiger partial charge in [-0.1, -0.05) is 24.6 Å². The molecule has 1 aromatic carbocycles. The fourth-order valence-electron chi connectivity index (χ4n) is 1.78. The predicted molar refractivity (Wildman–Crippen MR) is 77.6 cm³/mol. The van der Waals surface area contributed by atoms with Crippen LogP contribution in [0.25, 0.3) is 0 Å². The van der Waals surface area contributed by atoms with Crippen molar-refractivity contribution < 1.29 is 9.13 Å². The van der Waals surface area contributed by atoms with Gasteiger partial charge in [-0.3, -0.25) is 9.36 Å². The van der Waals surface area contributed by atoms with Gasteiger partial charge in [-0.05, 0) is 24.1 Å². The second kappa shape index (κ2) is 6.58. The number of H-pyrrole nitrogens is 1. The van der Waals surface area contributed by atoms with E-state index in [2.05, 4.69) is 4.98 Å². The van der Waals surface area contributed by atoms with Gasteiger partial charge in [-0.15, -0.1) is 0 Å². The molecule has 21 heavy (non-hydrogen) atoms. The van der Waals surface area contributed by atoms with Crippen molar-refractivity contribution in [2.45, 2.75) is 19.9 Å². The van der Waals surface area contributed by atoms with E-state index in [9.17, 15) is 14.0 Å². The lowest BCUT2D eigenvalue weighted by Gasteiger charge is -2.09. The van der Waals surface area contributed by atoms with Gasteiger partial charge in [-0.25, -0.2) is 4.79 Å². The highest BCUT2D eigenvalue weighted by Crippen LogP contribution is 2.25. The van der Waals surface area contributed by atoms with Gasteiger partial charge in [0.25, 0.3) is 5.56 Å². The summed E-state index contributed by atoms with van der Waals surface area (Å²) in [6.45, 7) is 2.45. The number of hydrogen-bond acceptors (Lipinski definition) is 3. The van der Waals surface area contributed by atoms with Crippen molar-refractivity contribution in [3.8, 4) is 5.75 Å². The molecule has 0 unspecified atom stereocenters. The van der Waals surface area contributed by atoms with Crippen LogP contribution in [0.15, 0.2) is 34.0 Å². The molecule has 0 radical (unpaired) electrons. The summed E-state index contributed by atoms with van der Waals surface area (Å²) in [6.07, 6.45) is 1.60. The van der Waals surface area contributed by atoms with E-state index in [0.717, 1.165) is 17.2 Å². The largest absolute Gasteiger partial charge is 0.492 e. The first-order valence-corrected chi connectivity index (χ1v) is 6.80. The van der Waals surface area contributed by atoms with Gasteiger partial charge in [0.15, 0.2) is 0 Å². The molecule has 0 bridgehead atoms. The van der Waals surface area contributed by atoms with Gasteiger partial charge in [0, 0.05) is 6.20 Å². The maximum Gasteiger partial charge on any atom is 0.328 e. The fraction of sp³-hybridized carbons (Fsp3) is 0.286. The third-order valence-corrected chi connectivity index (χ3v) is 3.11. The highest BCUT2D eigenvalue weighted by molar-refractivity contribution is 6.32. The first kappa shape index (κ1) is 15.3. The van der Waals surface area contributed by atoms with Crippen LogP contribution in [0.1, 0.15) is 18.9 Å². The zero-order chi connectivity index (χ0) is 15.4. The average Bonchev–Trinajstić information content (AvgIpc) is 2.47. The Balaban J connectivity index is 2.29. The second-order valence-electron chi connectivity index (χ2n) is 4.45. The normalized spacial score (nSPS) is 10.6. The van der Waals surface area contributed by atoms with E-state index in [1.807, 2.05) is 6.92 Å². The molecule has 0 aliphatic carbocycles. The lowest BCUT2D eigenvalue weighted by molar-refractivity contribution is 0.317. The summed E-state index contributed by atoms with van der Waals surface area (Å²) in [6, 6.07) is 4.92. The van der Waals surface area contributed by atoms with Gasteiger partial charge >= 0.3 is 5.69 Å². The number of nitrogens with one attached hydrogen (secondary N) is 1. The van der Waals surface area contributed by atoms with Gasteiger partial charge in [0.1, 0.15) is 5.75 Å². The van der Waals surface area contributed by atoms with Gasteiger partial charge in [0.05, 0.1) is 18.2 Å². The van der Waals surface area contributed by atoms with E-state index < -0.39 is 17.1 Å². The molecule has 0 fully saturated rings. The Morgan fingerprint density at radius 2 is 2.14 bits per heavy atom. The summed E-state index contributed by atoms with van der Waals surface area (Å²) >= 11 is 6.07. The van der Waals surface area contributed by atoms with Crippen LogP contribution in [-0.2, 0) is 6.54 Å².